The van der Waals surface area contributed by atoms with Gasteiger partial charge in [0.05, 0.1) is 17.2 Å². The SMILES string of the molecule is C#CCOc1c(Cl)cc(/C=C(/C#N)C(=O)NCc2ccc(OC)cc2)cc1Cl. The lowest BCUT2D eigenvalue weighted by Crippen LogP contribution is -2.23. The summed E-state index contributed by atoms with van der Waals surface area (Å²) in [5.74, 6) is 2.77. The minimum absolute atomic E-state index is 0.0197. The molecular formula is C21H16Cl2N2O3. The average Bonchev–Trinajstić information content (AvgIpc) is 2.70. The van der Waals surface area contributed by atoms with Crippen molar-refractivity contribution >= 4 is 35.2 Å². The van der Waals surface area contributed by atoms with Gasteiger partial charge in [0, 0.05) is 6.54 Å². The molecule has 1 N–H and O–H groups in total. The standard InChI is InChI=1S/C21H16Cl2N2O3/c1-3-8-28-20-18(22)10-15(11-19(20)23)9-16(12-24)21(26)25-13-14-4-6-17(27-2)7-5-14/h1,4-7,9-11H,8,13H2,2H3,(H,25,26)/b16-9-. The second-order valence-electron chi connectivity index (χ2n) is 5.51. The third kappa shape index (κ3) is 5.69. The van der Waals surface area contributed by atoms with E-state index in [-0.39, 0.29) is 34.5 Å². The van der Waals surface area contributed by atoms with E-state index < -0.39 is 5.91 Å². The van der Waals surface area contributed by atoms with Gasteiger partial charge < -0.3 is 14.8 Å². The van der Waals surface area contributed by atoms with Gasteiger partial charge in [-0.25, -0.2) is 0 Å². The Morgan fingerprint density at radius 2 is 1.89 bits per heavy atom. The molecule has 0 fully saturated rings. The maximum atomic E-state index is 12.3. The summed E-state index contributed by atoms with van der Waals surface area (Å²) in [7, 11) is 1.58. The molecule has 0 radical (unpaired) electrons. The first-order valence-electron chi connectivity index (χ1n) is 8.06. The summed E-state index contributed by atoms with van der Waals surface area (Å²) < 4.78 is 10.4. The molecular weight excluding hydrogens is 399 g/mol. The van der Waals surface area contributed by atoms with Crippen molar-refractivity contribution in [2.45, 2.75) is 6.54 Å². The number of terminal acetylenes is 1. The average molecular weight is 415 g/mol. The van der Waals surface area contributed by atoms with E-state index >= 15 is 0 Å². The van der Waals surface area contributed by atoms with E-state index in [4.69, 9.17) is 39.1 Å². The molecule has 0 unspecified atom stereocenters. The lowest BCUT2D eigenvalue weighted by atomic mass is 10.1. The maximum Gasteiger partial charge on any atom is 0.262 e. The Hall–Kier alpha value is -3.12. The molecule has 2 rings (SSSR count). The predicted octanol–water partition coefficient (Wildman–Crippen LogP) is 4.24. The molecule has 5 nitrogen and oxygen atoms in total. The number of halogens is 2. The number of rotatable bonds is 7. The monoisotopic (exact) mass is 414 g/mol. The Balaban J connectivity index is 2.12. The van der Waals surface area contributed by atoms with E-state index in [1.807, 2.05) is 18.2 Å². The smallest absolute Gasteiger partial charge is 0.262 e. The molecule has 2 aromatic carbocycles. The van der Waals surface area contributed by atoms with Crippen LogP contribution in [0.25, 0.3) is 6.08 Å². The van der Waals surface area contributed by atoms with Crippen LogP contribution >= 0.6 is 23.2 Å². The third-order valence-corrected chi connectivity index (χ3v) is 4.17. The van der Waals surface area contributed by atoms with Crippen LogP contribution in [0.1, 0.15) is 11.1 Å². The lowest BCUT2D eigenvalue weighted by molar-refractivity contribution is -0.117. The van der Waals surface area contributed by atoms with Crippen LogP contribution in [0.3, 0.4) is 0 Å². The largest absolute Gasteiger partial charge is 0.497 e. The number of nitriles is 1. The number of hydrogen-bond acceptors (Lipinski definition) is 4. The van der Waals surface area contributed by atoms with E-state index in [1.54, 1.807) is 19.2 Å². The second kappa shape index (κ2) is 10.3. The summed E-state index contributed by atoms with van der Waals surface area (Å²) in [6, 6.07) is 12.2. The number of carbonyl (C=O) groups is 1. The normalized spacial score (nSPS) is 10.5. The summed E-state index contributed by atoms with van der Waals surface area (Å²) in [4.78, 5) is 12.3. The van der Waals surface area contributed by atoms with Gasteiger partial charge in [-0.2, -0.15) is 5.26 Å². The van der Waals surface area contributed by atoms with E-state index in [2.05, 4.69) is 11.2 Å². The summed E-state index contributed by atoms with van der Waals surface area (Å²) in [6.07, 6.45) is 6.55. The van der Waals surface area contributed by atoms with Crippen LogP contribution in [-0.2, 0) is 11.3 Å². The molecule has 142 valence electrons. The molecule has 7 heteroatoms. The van der Waals surface area contributed by atoms with Gasteiger partial charge in [-0.15, -0.1) is 6.42 Å². The molecule has 0 aliphatic heterocycles. The van der Waals surface area contributed by atoms with Crippen molar-refractivity contribution in [1.29, 1.82) is 5.26 Å². The van der Waals surface area contributed by atoms with Crippen LogP contribution in [0.4, 0.5) is 0 Å². The third-order valence-electron chi connectivity index (χ3n) is 3.61. The molecule has 0 aliphatic carbocycles. The first-order valence-corrected chi connectivity index (χ1v) is 8.82. The van der Waals surface area contributed by atoms with Gasteiger partial charge in [-0.05, 0) is 41.5 Å². The number of benzene rings is 2. The van der Waals surface area contributed by atoms with Gasteiger partial charge in [0.25, 0.3) is 5.91 Å². The Labute approximate surface area is 173 Å². The number of nitrogens with one attached hydrogen (secondary N) is 1. The number of methoxy groups -OCH3 is 1. The highest BCUT2D eigenvalue weighted by atomic mass is 35.5. The topological polar surface area (TPSA) is 71.3 Å². The summed E-state index contributed by atoms with van der Waals surface area (Å²) in [5.41, 5.74) is 1.27. The van der Waals surface area contributed by atoms with Crippen LogP contribution in [0.2, 0.25) is 10.0 Å². The fourth-order valence-electron chi connectivity index (χ4n) is 2.25. The molecule has 2 aromatic rings. The van der Waals surface area contributed by atoms with E-state index in [0.717, 1.165) is 11.3 Å². The van der Waals surface area contributed by atoms with Crippen LogP contribution in [-0.4, -0.2) is 19.6 Å². The van der Waals surface area contributed by atoms with Crippen molar-refractivity contribution in [3.8, 4) is 29.9 Å². The minimum Gasteiger partial charge on any atom is -0.497 e. The zero-order valence-electron chi connectivity index (χ0n) is 15.0. The lowest BCUT2D eigenvalue weighted by Gasteiger charge is -2.09. The number of nitrogens with zero attached hydrogens (tertiary/aromatic N) is 1. The zero-order chi connectivity index (χ0) is 20.5. The minimum atomic E-state index is -0.516. The summed E-state index contributed by atoms with van der Waals surface area (Å²) in [5, 5.41) is 12.5. The fraction of sp³-hybridized carbons (Fsp3) is 0.143. The number of amides is 1. The summed E-state index contributed by atoms with van der Waals surface area (Å²) in [6.45, 7) is 0.286. The molecule has 0 saturated heterocycles. The molecule has 0 atom stereocenters. The Bertz CT molecular complexity index is 948. The highest BCUT2D eigenvalue weighted by Crippen LogP contribution is 2.34. The van der Waals surface area contributed by atoms with E-state index in [0.29, 0.717) is 5.56 Å². The fourth-order valence-corrected chi connectivity index (χ4v) is 2.86. The maximum absolute atomic E-state index is 12.3. The van der Waals surface area contributed by atoms with Crippen molar-refractivity contribution in [3.63, 3.8) is 0 Å². The predicted molar refractivity (Wildman–Crippen MR) is 109 cm³/mol. The molecule has 0 aliphatic rings. The van der Waals surface area contributed by atoms with E-state index in [1.165, 1.54) is 18.2 Å². The van der Waals surface area contributed by atoms with E-state index in [9.17, 15) is 10.1 Å². The number of carbonyl (C=O) groups excluding carboxylic acids is 1. The van der Waals surface area contributed by atoms with Crippen molar-refractivity contribution in [1.82, 2.24) is 5.32 Å². The van der Waals surface area contributed by atoms with Gasteiger partial charge in [0.2, 0.25) is 0 Å². The Kier molecular flexibility index (Phi) is 7.77. The van der Waals surface area contributed by atoms with Crippen LogP contribution < -0.4 is 14.8 Å². The highest BCUT2D eigenvalue weighted by Gasteiger charge is 2.12. The van der Waals surface area contributed by atoms with Crippen LogP contribution in [0.15, 0.2) is 42.0 Å². The molecule has 28 heavy (non-hydrogen) atoms. The number of hydrogen-bond donors (Lipinski definition) is 1. The number of ether oxygens (including phenoxy) is 2. The molecule has 0 spiro atoms. The van der Waals surface area contributed by atoms with Gasteiger partial charge >= 0.3 is 0 Å². The quantitative estimate of drug-likeness (QED) is 0.417. The highest BCUT2D eigenvalue weighted by molar-refractivity contribution is 6.37. The molecule has 1 amide bonds. The molecule has 0 aromatic heterocycles. The second-order valence-corrected chi connectivity index (χ2v) is 6.32. The summed E-state index contributed by atoms with van der Waals surface area (Å²) >= 11 is 12.3. The van der Waals surface area contributed by atoms with Crippen molar-refractivity contribution in [2.24, 2.45) is 0 Å². The van der Waals surface area contributed by atoms with Crippen molar-refractivity contribution in [3.05, 3.63) is 63.1 Å². The first-order chi connectivity index (χ1) is 13.5. The van der Waals surface area contributed by atoms with Gasteiger partial charge in [0.1, 0.15) is 24.0 Å². The zero-order valence-corrected chi connectivity index (χ0v) is 16.5. The van der Waals surface area contributed by atoms with Gasteiger partial charge in [-0.3, -0.25) is 4.79 Å². The Morgan fingerprint density at radius 3 is 2.43 bits per heavy atom. The molecule has 0 saturated carbocycles. The molecule has 0 bridgehead atoms. The van der Waals surface area contributed by atoms with Crippen molar-refractivity contribution < 1.29 is 14.3 Å². The van der Waals surface area contributed by atoms with Crippen LogP contribution in [0, 0.1) is 23.7 Å². The molecule has 0 heterocycles. The van der Waals surface area contributed by atoms with Gasteiger partial charge in [0.15, 0.2) is 5.75 Å². The first kappa shape index (κ1) is 21.2. The van der Waals surface area contributed by atoms with Crippen molar-refractivity contribution in [2.75, 3.05) is 13.7 Å². The Morgan fingerprint density at radius 1 is 1.25 bits per heavy atom. The van der Waals surface area contributed by atoms with Crippen LogP contribution in [0.5, 0.6) is 11.5 Å². The van der Waals surface area contributed by atoms with Gasteiger partial charge in [-0.1, -0.05) is 41.3 Å².